The van der Waals surface area contributed by atoms with Gasteiger partial charge in [-0.05, 0) is 25.1 Å². The fourth-order valence-corrected chi connectivity index (χ4v) is 2.99. The standard InChI is InChI=1S/C11H11ClN2O3S/c1-8-6-14(7-13-8)18(15,16)9-3-4-11(17-2)10(12)5-9/h3-7H,1-2H3. The first-order chi connectivity index (χ1) is 8.45. The van der Waals surface area contributed by atoms with Crippen LogP contribution in [0.1, 0.15) is 5.69 Å². The van der Waals surface area contributed by atoms with Crippen LogP contribution < -0.4 is 4.74 Å². The number of nitrogens with zero attached hydrogens (tertiary/aromatic N) is 2. The van der Waals surface area contributed by atoms with Crippen LogP contribution in [-0.2, 0) is 10.0 Å². The van der Waals surface area contributed by atoms with Crippen molar-refractivity contribution >= 4 is 21.6 Å². The Hall–Kier alpha value is -1.53. The van der Waals surface area contributed by atoms with Crippen molar-refractivity contribution in [3.63, 3.8) is 0 Å². The van der Waals surface area contributed by atoms with E-state index in [1.807, 2.05) is 0 Å². The minimum atomic E-state index is -3.65. The van der Waals surface area contributed by atoms with E-state index in [1.54, 1.807) is 6.92 Å². The molecule has 5 nitrogen and oxygen atoms in total. The molecule has 2 aromatic rings. The molecule has 0 saturated heterocycles. The number of hydrogen-bond donors (Lipinski definition) is 0. The molecule has 96 valence electrons. The van der Waals surface area contributed by atoms with Gasteiger partial charge in [-0.15, -0.1) is 0 Å². The quantitative estimate of drug-likeness (QED) is 0.867. The Morgan fingerprint density at radius 2 is 2.11 bits per heavy atom. The van der Waals surface area contributed by atoms with Crippen LogP contribution in [-0.4, -0.2) is 24.5 Å². The van der Waals surface area contributed by atoms with E-state index >= 15 is 0 Å². The summed E-state index contributed by atoms with van der Waals surface area (Å²) in [5.74, 6) is 0.428. The third-order valence-corrected chi connectivity index (χ3v) is 4.29. The number of aryl methyl sites for hydroxylation is 1. The van der Waals surface area contributed by atoms with Crippen molar-refractivity contribution < 1.29 is 13.2 Å². The molecule has 7 heteroatoms. The third kappa shape index (κ3) is 2.21. The maximum Gasteiger partial charge on any atom is 0.268 e. The summed E-state index contributed by atoms with van der Waals surface area (Å²) >= 11 is 5.91. The normalized spacial score (nSPS) is 11.5. The Bertz CT molecular complexity index is 679. The van der Waals surface area contributed by atoms with Crippen molar-refractivity contribution in [3.8, 4) is 5.75 Å². The van der Waals surface area contributed by atoms with E-state index in [4.69, 9.17) is 16.3 Å². The molecule has 0 fully saturated rings. The van der Waals surface area contributed by atoms with E-state index < -0.39 is 10.0 Å². The van der Waals surface area contributed by atoms with Gasteiger partial charge in [0, 0.05) is 6.20 Å². The highest BCUT2D eigenvalue weighted by Gasteiger charge is 2.18. The maximum atomic E-state index is 12.2. The first-order valence-corrected chi connectivity index (χ1v) is 6.86. The Labute approximate surface area is 110 Å². The number of rotatable bonds is 3. The predicted octanol–water partition coefficient (Wildman–Crippen LogP) is 2.09. The molecular formula is C11H11ClN2O3S. The van der Waals surface area contributed by atoms with Gasteiger partial charge in [-0.1, -0.05) is 11.6 Å². The summed E-state index contributed by atoms with van der Waals surface area (Å²) in [6.07, 6.45) is 2.69. The molecule has 0 amide bonds. The highest BCUT2D eigenvalue weighted by Crippen LogP contribution is 2.27. The van der Waals surface area contributed by atoms with Gasteiger partial charge in [0.2, 0.25) is 0 Å². The predicted molar refractivity (Wildman–Crippen MR) is 67.6 cm³/mol. The van der Waals surface area contributed by atoms with Gasteiger partial charge in [0.1, 0.15) is 12.1 Å². The van der Waals surface area contributed by atoms with Gasteiger partial charge in [-0.3, -0.25) is 0 Å². The number of ether oxygens (including phenoxy) is 1. The van der Waals surface area contributed by atoms with Crippen LogP contribution in [0, 0.1) is 6.92 Å². The number of imidazole rings is 1. The summed E-state index contributed by atoms with van der Waals surface area (Å²) in [6, 6.07) is 4.30. The van der Waals surface area contributed by atoms with Gasteiger partial charge in [0.15, 0.2) is 0 Å². The van der Waals surface area contributed by atoms with Crippen molar-refractivity contribution in [3.05, 3.63) is 41.4 Å². The minimum absolute atomic E-state index is 0.0886. The SMILES string of the molecule is COc1ccc(S(=O)(=O)n2cnc(C)c2)cc1Cl. The summed E-state index contributed by atoms with van der Waals surface area (Å²) in [6.45, 7) is 1.72. The lowest BCUT2D eigenvalue weighted by atomic mass is 10.3. The van der Waals surface area contributed by atoms with Crippen LogP contribution in [0.4, 0.5) is 0 Å². The van der Waals surface area contributed by atoms with Gasteiger partial charge < -0.3 is 4.74 Å². The van der Waals surface area contributed by atoms with Crippen LogP contribution in [0.25, 0.3) is 0 Å². The van der Waals surface area contributed by atoms with Crippen LogP contribution in [0.15, 0.2) is 35.6 Å². The minimum Gasteiger partial charge on any atom is -0.495 e. The van der Waals surface area contributed by atoms with Crippen molar-refractivity contribution in [2.24, 2.45) is 0 Å². The third-order valence-electron chi connectivity index (χ3n) is 2.39. The molecule has 0 aliphatic rings. The van der Waals surface area contributed by atoms with E-state index in [1.165, 1.54) is 37.8 Å². The number of halogens is 1. The molecule has 1 aromatic heterocycles. The summed E-state index contributed by atoms with van der Waals surface area (Å²) in [7, 11) is -2.18. The highest BCUT2D eigenvalue weighted by atomic mass is 35.5. The Balaban J connectivity index is 2.51. The van der Waals surface area contributed by atoms with Gasteiger partial charge in [-0.25, -0.2) is 17.4 Å². The second kappa shape index (κ2) is 4.62. The lowest BCUT2D eigenvalue weighted by Crippen LogP contribution is -2.11. The lowest BCUT2D eigenvalue weighted by molar-refractivity contribution is 0.414. The first kappa shape index (κ1) is 12.9. The zero-order valence-electron chi connectivity index (χ0n) is 9.79. The molecule has 0 aliphatic carbocycles. The monoisotopic (exact) mass is 286 g/mol. The number of methoxy groups -OCH3 is 1. The molecule has 0 bridgehead atoms. The molecule has 0 atom stereocenters. The van der Waals surface area contributed by atoms with Gasteiger partial charge >= 0.3 is 0 Å². The molecule has 18 heavy (non-hydrogen) atoms. The first-order valence-electron chi connectivity index (χ1n) is 5.05. The fraction of sp³-hybridized carbons (Fsp3) is 0.182. The van der Waals surface area contributed by atoms with E-state index in [9.17, 15) is 8.42 Å². The second-order valence-corrected chi connectivity index (χ2v) is 5.90. The van der Waals surface area contributed by atoms with Gasteiger partial charge in [0.05, 0.1) is 22.7 Å². The largest absolute Gasteiger partial charge is 0.495 e. The van der Waals surface area contributed by atoms with Crippen LogP contribution in [0.2, 0.25) is 5.02 Å². The second-order valence-electron chi connectivity index (χ2n) is 3.65. The summed E-state index contributed by atoms with van der Waals surface area (Å²) in [4.78, 5) is 3.98. The summed E-state index contributed by atoms with van der Waals surface area (Å²) in [5, 5.41) is 0.246. The number of benzene rings is 1. The smallest absolute Gasteiger partial charge is 0.268 e. The molecule has 0 radical (unpaired) electrons. The van der Waals surface area contributed by atoms with E-state index in [0.29, 0.717) is 11.4 Å². The Kier molecular flexibility index (Phi) is 3.32. The molecule has 0 aliphatic heterocycles. The van der Waals surface area contributed by atoms with Gasteiger partial charge in [-0.2, -0.15) is 0 Å². The topological polar surface area (TPSA) is 61.2 Å². The van der Waals surface area contributed by atoms with Gasteiger partial charge in [0.25, 0.3) is 10.0 Å². The summed E-state index contributed by atoms with van der Waals surface area (Å²) in [5.41, 5.74) is 0.623. The van der Waals surface area contributed by atoms with Crippen LogP contribution in [0.5, 0.6) is 5.75 Å². The molecule has 0 unspecified atom stereocenters. The average Bonchev–Trinajstić information content (AvgIpc) is 2.76. The van der Waals surface area contributed by atoms with Crippen molar-refractivity contribution in [2.45, 2.75) is 11.8 Å². The number of hydrogen-bond acceptors (Lipinski definition) is 4. The molecule has 0 saturated carbocycles. The zero-order chi connectivity index (χ0) is 13.3. The highest BCUT2D eigenvalue weighted by molar-refractivity contribution is 7.90. The van der Waals surface area contributed by atoms with E-state index in [0.717, 1.165) is 3.97 Å². The van der Waals surface area contributed by atoms with E-state index in [-0.39, 0.29) is 9.92 Å². The number of aromatic nitrogens is 2. The molecule has 1 heterocycles. The Morgan fingerprint density at radius 1 is 1.39 bits per heavy atom. The summed E-state index contributed by atoms with van der Waals surface area (Å²) < 4.78 is 30.5. The van der Waals surface area contributed by atoms with Crippen molar-refractivity contribution in [2.75, 3.05) is 7.11 Å². The Morgan fingerprint density at radius 3 is 2.61 bits per heavy atom. The fourth-order valence-electron chi connectivity index (χ4n) is 1.46. The van der Waals surface area contributed by atoms with Crippen molar-refractivity contribution in [1.82, 2.24) is 8.96 Å². The molecule has 0 spiro atoms. The van der Waals surface area contributed by atoms with E-state index in [2.05, 4.69) is 4.98 Å². The average molecular weight is 287 g/mol. The molecular weight excluding hydrogens is 276 g/mol. The maximum absolute atomic E-state index is 12.2. The van der Waals surface area contributed by atoms with Crippen LogP contribution in [0.3, 0.4) is 0 Å². The molecule has 0 N–H and O–H groups in total. The lowest BCUT2D eigenvalue weighted by Gasteiger charge is -2.07. The van der Waals surface area contributed by atoms with Crippen LogP contribution >= 0.6 is 11.6 Å². The molecule has 1 aromatic carbocycles. The molecule has 2 rings (SSSR count). The van der Waals surface area contributed by atoms with Crippen molar-refractivity contribution in [1.29, 1.82) is 0 Å². The zero-order valence-corrected chi connectivity index (χ0v) is 11.4.